The molecule has 1 heterocycles. The lowest BCUT2D eigenvalue weighted by atomic mass is 10.2. The fraction of sp³-hybridized carbons (Fsp3) is 0.333. The Kier molecular flexibility index (Phi) is 2.73. The van der Waals surface area contributed by atoms with Gasteiger partial charge in [-0.25, -0.2) is 0 Å². The smallest absolute Gasteiger partial charge is 0.0425 e. The average Bonchev–Trinajstić information content (AvgIpc) is 2.23. The summed E-state index contributed by atoms with van der Waals surface area (Å²) in [6.07, 6.45) is 4.29. The van der Waals surface area contributed by atoms with Crippen molar-refractivity contribution in [3.05, 3.63) is 48.3 Å². The largest absolute Gasteiger partial charge is 0.377 e. The fourth-order valence-electron chi connectivity index (χ4n) is 1.59. The van der Waals surface area contributed by atoms with Crippen LogP contribution in [0.4, 0.5) is 0 Å². The Morgan fingerprint density at radius 3 is 2.50 bits per heavy atom. The summed E-state index contributed by atoms with van der Waals surface area (Å²) >= 11 is 0. The van der Waals surface area contributed by atoms with Gasteiger partial charge in [-0.3, -0.25) is 0 Å². The van der Waals surface area contributed by atoms with E-state index in [0.29, 0.717) is 0 Å². The summed E-state index contributed by atoms with van der Waals surface area (Å²) in [5, 5.41) is 0. The SMILES string of the molecule is CN1C=CN(Cc2ccccc2)CC1. The van der Waals surface area contributed by atoms with E-state index in [0.717, 1.165) is 19.6 Å². The fourth-order valence-corrected chi connectivity index (χ4v) is 1.59. The molecule has 0 N–H and O–H groups in total. The van der Waals surface area contributed by atoms with Crippen molar-refractivity contribution in [2.45, 2.75) is 6.54 Å². The highest BCUT2D eigenvalue weighted by atomic mass is 15.2. The van der Waals surface area contributed by atoms with Gasteiger partial charge in [0, 0.05) is 39.1 Å². The summed E-state index contributed by atoms with van der Waals surface area (Å²) in [7, 11) is 2.11. The topological polar surface area (TPSA) is 6.48 Å². The molecule has 0 amide bonds. The zero-order chi connectivity index (χ0) is 9.80. The van der Waals surface area contributed by atoms with Crippen LogP contribution in [0.25, 0.3) is 0 Å². The van der Waals surface area contributed by atoms with Crippen molar-refractivity contribution in [2.75, 3.05) is 20.1 Å². The minimum Gasteiger partial charge on any atom is -0.377 e. The Labute approximate surface area is 85.4 Å². The van der Waals surface area contributed by atoms with Crippen molar-refractivity contribution in [3.63, 3.8) is 0 Å². The van der Waals surface area contributed by atoms with Gasteiger partial charge in [0.25, 0.3) is 0 Å². The van der Waals surface area contributed by atoms with E-state index in [4.69, 9.17) is 0 Å². The Balaban J connectivity index is 1.96. The molecule has 2 rings (SSSR count). The third kappa shape index (κ3) is 2.28. The second-order valence-electron chi connectivity index (χ2n) is 3.73. The minimum absolute atomic E-state index is 1.02. The summed E-state index contributed by atoms with van der Waals surface area (Å²) in [5.74, 6) is 0. The van der Waals surface area contributed by atoms with Crippen molar-refractivity contribution in [1.29, 1.82) is 0 Å². The molecule has 0 saturated carbocycles. The zero-order valence-corrected chi connectivity index (χ0v) is 8.56. The van der Waals surface area contributed by atoms with E-state index in [1.54, 1.807) is 0 Å². The molecule has 0 atom stereocenters. The first kappa shape index (κ1) is 9.13. The van der Waals surface area contributed by atoms with Crippen LogP contribution in [0.5, 0.6) is 0 Å². The van der Waals surface area contributed by atoms with E-state index in [9.17, 15) is 0 Å². The number of hydrogen-bond acceptors (Lipinski definition) is 2. The molecular formula is C12H16N2. The van der Waals surface area contributed by atoms with Gasteiger partial charge < -0.3 is 9.80 Å². The first-order valence-electron chi connectivity index (χ1n) is 5.01. The second kappa shape index (κ2) is 4.18. The molecule has 0 bridgehead atoms. The molecule has 0 aromatic heterocycles. The lowest BCUT2D eigenvalue weighted by Gasteiger charge is -2.28. The molecule has 14 heavy (non-hydrogen) atoms. The first-order valence-corrected chi connectivity index (χ1v) is 5.01. The van der Waals surface area contributed by atoms with Crippen molar-refractivity contribution in [3.8, 4) is 0 Å². The Hall–Kier alpha value is -1.44. The normalized spacial score (nSPS) is 16.1. The highest BCUT2D eigenvalue weighted by Gasteiger charge is 2.06. The highest BCUT2D eigenvalue weighted by molar-refractivity contribution is 5.15. The third-order valence-corrected chi connectivity index (χ3v) is 2.50. The van der Waals surface area contributed by atoms with Crippen LogP contribution >= 0.6 is 0 Å². The maximum atomic E-state index is 2.34. The predicted octanol–water partition coefficient (Wildman–Crippen LogP) is 1.91. The molecule has 0 unspecified atom stereocenters. The number of benzene rings is 1. The summed E-state index contributed by atoms with van der Waals surface area (Å²) in [6.45, 7) is 3.25. The zero-order valence-electron chi connectivity index (χ0n) is 8.56. The van der Waals surface area contributed by atoms with E-state index >= 15 is 0 Å². The number of nitrogens with zero attached hydrogens (tertiary/aromatic N) is 2. The van der Waals surface area contributed by atoms with Gasteiger partial charge in [-0.1, -0.05) is 30.3 Å². The Morgan fingerprint density at radius 1 is 1.07 bits per heavy atom. The molecular weight excluding hydrogens is 172 g/mol. The molecule has 1 aromatic rings. The number of hydrogen-bond donors (Lipinski definition) is 0. The molecule has 0 aliphatic carbocycles. The standard InChI is InChI=1S/C12H16N2/c1-13-7-9-14(10-8-13)11-12-5-3-2-4-6-12/h2-7,9H,8,10-11H2,1H3. The molecule has 0 radical (unpaired) electrons. The summed E-state index contributed by atoms with van der Waals surface area (Å²) in [4.78, 5) is 4.55. The molecule has 0 spiro atoms. The molecule has 74 valence electrons. The van der Waals surface area contributed by atoms with Crippen LogP contribution in [0.3, 0.4) is 0 Å². The highest BCUT2D eigenvalue weighted by Crippen LogP contribution is 2.07. The average molecular weight is 188 g/mol. The molecule has 1 aromatic carbocycles. The molecule has 0 saturated heterocycles. The van der Waals surface area contributed by atoms with E-state index in [2.05, 4.69) is 59.6 Å². The van der Waals surface area contributed by atoms with E-state index < -0.39 is 0 Å². The van der Waals surface area contributed by atoms with E-state index in [1.807, 2.05) is 0 Å². The van der Waals surface area contributed by atoms with Crippen LogP contribution in [0.2, 0.25) is 0 Å². The lowest BCUT2D eigenvalue weighted by molar-refractivity contribution is 0.282. The predicted molar refractivity (Wildman–Crippen MR) is 58.6 cm³/mol. The van der Waals surface area contributed by atoms with Gasteiger partial charge in [-0.15, -0.1) is 0 Å². The minimum atomic E-state index is 1.02. The van der Waals surface area contributed by atoms with Crippen LogP contribution in [0, 0.1) is 0 Å². The lowest BCUT2D eigenvalue weighted by Crippen LogP contribution is -2.31. The van der Waals surface area contributed by atoms with Gasteiger partial charge in [-0.2, -0.15) is 0 Å². The Morgan fingerprint density at radius 2 is 1.86 bits per heavy atom. The van der Waals surface area contributed by atoms with Crippen LogP contribution in [-0.2, 0) is 6.54 Å². The van der Waals surface area contributed by atoms with Gasteiger partial charge in [0.05, 0.1) is 0 Å². The maximum absolute atomic E-state index is 2.34. The van der Waals surface area contributed by atoms with Gasteiger partial charge in [0.1, 0.15) is 0 Å². The molecule has 2 nitrogen and oxygen atoms in total. The van der Waals surface area contributed by atoms with Gasteiger partial charge in [-0.05, 0) is 5.56 Å². The van der Waals surface area contributed by atoms with Crippen molar-refractivity contribution in [2.24, 2.45) is 0 Å². The van der Waals surface area contributed by atoms with E-state index in [1.165, 1.54) is 5.56 Å². The van der Waals surface area contributed by atoms with Crippen molar-refractivity contribution < 1.29 is 0 Å². The third-order valence-electron chi connectivity index (χ3n) is 2.50. The summed E-state index contributed by atoms with van der Waals surface area (Å²) in [6, 6.07) is 10.6. The first-order chi connectivity index (χ1) is 6.84. The monoisotopic (exact) mass is 188 g/mol. The molecule has 0 fully saturated rings. The molecule has 2 heteroatoms. The van der Waals surface area contributed by atoms with Crippen molar-refractivity contribution in [1.82, 2.24) is 9.80 Å². The van der Waals surface area contributed by atoms with Crippen LogP contribution in [0.1, 0.15) is 5.56 Å². The summed E-state index contributed by atoms with van der Waals surface area (Å²) < 4.78 is 0. The molecule has 1 aliphatic rings. The maximum Gasteiger partial charge on any atom is 0.0425 e. The number of rotatable bonds is 2. The number of likely N-dealkylation sites (N-methyl/N-ethyl adjacent to an activating group) is 1. The van der Waals surface area contributed by atoms with Crippen LogP contribution < -0.4 is 0 Å². The quantitative estimate of drug-likeness (QED) is 0.699. The summed E-state index contributed by atoms with van der Waals surface area (Å²) in [5.41, 5.74) is 1.38. The van der Waals surface area contributed by atoms with Crippen LogP contribution in [-0.4, -0.2) is 29.9 Å². The van der Waals surface area contributed by atoms with Crippen molar-refractivity contribution >= 4 is 0 Å². The molecule has 1 aliphatic heterocycles. The second-order valence-corrected chi connectivity index (χ2v) is 3.73. The van der Waals surface area contributed by atoms with Crippen LogP contribution in [0.15, 0.2) is 42.7 Å². The van der Waals surface area contributed by atoms with E-state index in [-0.39, 0.29) is 0 Å². The van der Waals surface area contributed by atoms with Gasteiger partial charge in [0.2, 0.25) is 0 Å². The Bertz CT molecular complexity index is 305. The van der Waals surface area contributed by atoms with Gasteiger partial charge >= 0.3 is 0 Å². The van der Waals surface area contributed by atoms with Gasteiger partial charge in [0.15, 0.2) is 0 Å².